The third-order valence-corrected chi connectivity index (χ3v) is 7.04. The molecule has 0 spiro atoms. The molecule has 156 valence electrons. The van der Waals surface area contributed by atoms with Crippen molar-refractivity contribution in [3.63, 3.8) is 0 Å². The lowest BCUT2D eigenvalue weighted by molar-refractivity contribution is -0.139. The van der Waals surface area contributed by atoms with Crippen molar-refractivity contribution in [3.8, 4) is 0 Å². The van der Waals surface area contributed by atoms with Gasteiger partial charge in [-0.1, -0.05) is 26.8 Å². The number of fused-ring (bicyclic) bond motifs is 3. The van der Waals surface area contributed by atoms with Gasteiger partial charge in [-0.3, -0.25) is 14.2 Å². The number of amides is 1. The predicted molar refractivity (Wildman–Crippen MR) is 119 cm³/mol. The Labute approximate surface area is 175 Å². The van der Waals surface area contributed by atoms with E-state index in [1.807, 2.05) is 25.7 Å². The first-order chi connectivity index (χ1) is 13.8. The molecule has 4 rings (SSSR count). The minimum atomic E-state index is -0.375. The van der Waals surface area contributed by atoms with Crippen LogP contribution in [0.4, 0.5) is 5.95 Å². The number of rotatable bonds is 3. The SMILES string of the molecule is C=CCn1c(N2CCN(C(=O)C(C)(C)C)CC2)nc2sc3c(c2c1=O)CCCC3. The highest BCUT2D eigenvalue weighted by atomic mass is 32.1. The average Bonchev–Trinajstić information content (AvgIpc) is 3.07. The second-order valence-corrected chi connectivity index (χ2v) is 10.1. The number of nitrogens with zero attached hydrogens (tertiary/aromatic N) is 4. The zero-order valence-electron chi connectivity index (χ0n) is 17.7. The smallest absolute Gasteiger partial charge is 0.264 e. The summed E-state index contributed by atoms with van der Waals surface area (Å²) in [6.45, 7) is 12.8. The van der Waals surface area contributed by atoms with Crippen LogP contribution >= 0.6 is 11.3 Å². The van der Waals surface area contributed by atoms with Gasteiger partial charge in [-0.05, 0) is 31.2 Å². The van der Waals surface area contributed by atoms with Crippen molar-refractivity contribution in [2.45, 2.75) is 53.0 Å². The second kappa shape index (κ2) is 7.59. The molecule has 0 bridgehead atoms. The van der Waals surface area contributed by atoms with Crippen LogP contribution in [-0.2, 0) is 24.2 Å². The lowest BCUT2D eigenvalue weighted by atomic mass is 9.94. The summed E-state index contributed by atoms with van der Waals surface area (Å²) in [7, 11) is 0. The Balaban J connectivity index is 1.69. The minimum Gasteiger partial charge on any atom is -0.339 e. The Bertz CT molecular complexity index is 1010. The summed E-state index contributed by atoms with van der Waals surface area (Å²) in [5.41, 5.74) is 0.900. The molecule has 1 saturated heterocycles. The number of carbonyl (C=O) groups is 1. The van der Waals surface area contributed by atoms with Crippen LogP contribution in [-0.4, -0.2) is 46.5 Å². The molecular formula is C22H30N4O2S. The van der Waals surface area contributed by atoms with Gasteiger partial charge in [0, 0.05) is 43.0 Å². The van der Waals surface area contributed by atoms with Gasteiger partial charge in [0.05, 0.1) is 5.39 Å². The van der Waals surface area contributed by atoms with E-state index in [0.29, 0.717) is 38.7 Å². The number of aromatic nitrogens is 2. The molecule has 1 amide bonds. The van der Waals surface area contributed by atoms with Crippen LogP contribution in [0.5, 0.6) is 0 Å². The Hall–Kier alpha value is -2.15. The van der Waals surface area contributed by atoms with E-state index in [-0.39, 0.29) is 16.9 Å². The molecule has 2 aromatic rings. The van der Waals surface area contributed by atoms with E-state index in [2.05, 4.69) is 11.5 Å². The number of allylic oxidation sites excluding steroid dienone is 1. The van der Waals surface area contributed by atoms with Gasteiger partial charge in [-0.15, -0.1) is 17.9 Å². The summed E-state index contributed by atoms with van der Waals surface area (Å²) < 4.78 is 1.76. The molecule has 7 heteroatoms. The van der Waals surface area contributed by atoms with Gasteiger partial charge in [0.1, 0.15) is 4.83 Å². The van der Waals surface area contributed by atoms with Crippen LogP contribution in [0.2, 0.25) is 0 Å². The van der Waals surface area contributed by atoms with E-state index < -0.39 is 0 Å². The molecule has 0 aromatic carbocycles. The van der Waals surface area contributed by atoms with Crippen LogP contribution in [0.1, 0.15) is 44.1 Å². The fraction of sp³-hybridized carbons (Fsp3) is 0.591. The van der Waals surface area contributed by atoms with Crippen LogP contribution in [0.15, 0.2) is 17.4 Å². The molecule has 2 aromatic heterocycles. The first-order valence-electron chi connectivity index (χ1n) is 10.5. The number of anilines is 1. The molecule has 3 heterocycles. The predicted octanol–water partition coefficient (Wildman–Crippen LogP) is 3.22. The van der Waals surface area contributed by atoms with Gasteiger partial charge in [0.25, 0.3) is 5.56 Å². The van der Waals surface area contributed by atoms with Crippen molar-refractivity contribution in [2.75, 3.05) is 31.1 Å². The van der Waals surface area contributed by atoms with Gasteiger partial charge in [0.15, 0.2) is 0 Å². The number of piperazine rings is 1. The van der Waals surface area contributed by atoms with E-state index in [0.717, 1.165) is 29.5 Å². The molecule has 1 aliphatic heterocycles. The summed E-state index contributed by atoms with van der Waals surface area (Å²) in [6, 6.07) is 0. The number of thiophene rings is 1. The average molecular weight is 415 g/mol. The quantitative estimate of drug-likeness (QED) is 0.724. The zero-order valence-corrected chi connectivity index (χ0v) is 18.5. The topological polar surface area (TPSA) is 58.4 Å². The molecule has 0 radical (unpaired) electrons. The normalized spacial score (nSPS) is 17.5. The number of hydrogen-bond acceptors (Lipinski definition) is 5. The molecule has 2 aliphatic rings. The summed E-state index contributed by atoms with van der Waals surface area (Å²) in [4.78, 5) is 37.2. The first kappa shape index (κ1) is 20.1. The van der Waals surface area contributed by atoms with E-state index in [4.69, 9.17) is 4.98 Å². The number of aryl methyl sites for hydroxylation is 2. The Morgan fingerprint density at radius 2 is 1.86 bits per heavy atom. The monoisotopic (exact) mass is 414 g/mol. The van der Waals surface area contributed by atoms with Crippen molar-refractivity contribution in [3.05, 3.63) is 33.4 Å². The molecule has 0 N–H and O–H groups in total. The fourth-order valence-corrected chi connectivity index (χ4v) is 5.59. The fourth-order valence-electron chi connectivity index (χ4n) is 4.35. The van der Waals surface area contributed by atoms with Gasteiger partial charge in [-0.25, -0.2) is 4.98 Å². The van der Waals surface area contributed by atoms with Crippen LogP contribution in [0.25, 0.3) is 10.2 Å². The van der Waals surface area contributed by atoms with E-state index in [1.54, 1.807) is 22.0 Å². The summed E-state index contributed by atoms with van der Waals surface area (Å²) in [6.07, 6.45) is 6.13. The van der Waals surface area contributed by atoms with Crippen molar-refractivity contribution in [1.82, 2.24) is 14.5 Å². The lowest BCUT2D eigenvalue weighted by Gasteiger charge is -2.38. The van der Waals surface area contributed by atoms with Gasteiger partial charge in [-0.2, -0.15) is 0 Å². The lowest BCUT2D eigenvalue weighted by Crippen LogP contribution is -2.52. The van der Waals surface area contributed by atoms with Crippen LogP contribution < -0.4 is 10.5 Å². The highest BCUT2D eigenvalue weighted by Crippen LogP contribution is 2.34. The molecular weight excluding hydrogens is 384 g/mol. The summed E-state index contributed by atoms with van der Waals surface area (Å²) in [5, 5.41) is 0.817. The van der Waals surface area contributed by atoms with Gasteiger partial charge < -0.3 is 9.80 Å². The van der Waals surface area contributed by atoms with Crippen LogP contribution in [0, 0.1) is 5.41 Å². The Morgan fingerprint density at radius 1 is 1.17 bits per heavy atom. The summed E-state index contributed by atoms with van der Waals surface area (Å²) in [5.74, 6) is 0.888. The van der Waals surface area contributed by atoms with Gasteiger partial charge in [0.2, 0.25) is 11.9 Å². The second-order valence-electron chi connectivity index (χ2n) is 9.04. The number of hydrogen-bond donors (Lipinski definition) is 0. The highest BCUT2D eigenvalue weighted by Gasteiger charge is 2.31. The maximum Gasteiger partial charge on any atom is 0.264 e. The molecule has 1 fully saturated rings. The standard InChI is InChI=1S/C22H30N4O2S/c1-5-10-26-19(27)17-15-8-6-7-9-16(15)29-18(17)23-21(26)25-13-11-24(12-14-25)20(28)22(2,3)4/h5H,1,6-14H2,2-4H3. The Morgan fingerprint density at radius 3 is 2.52 bits per heavy atom. The first-order valence-corrected chi connectivity index (χ1v) is 11.3. The third-order valence-electron chi connectivity index (χ3n) is 5.86. The van der Waals surface area contributed by atoms with E-state index >= 15 is 0 Å². The van der Waals surface area contributed by atoms with Crippen molar-refractivity contribution in [2.24, 2.45) is 5.41 Å². The molecule has 0 unspecified atom stereocenters. The zero-order chi connectivity index (χ0) is 20.8. The van der Waals surface area contributed by atoms with E-state index in [9.17, 15) is 9.59 Å². The molecule has 29 heavy (non-hydrogen) atoms. The van der Waals surface area contributed by atoms with Gasteiger partial charge >= 0.3 is 0 Å². The van der Waals surface area contributed by atoms with Crippen molar-refractivity contribution < 1.29 is 4.79 Å². The van der Waals surface area contributed by atoms with Crippen molar-refractivity contribution in [1.29, 1.82) is 0 Å². The number of carbonyl (C=O) groups excluding carboxylic acids is 1. The molecule has 0 saturated carbocycles. The molecule has 6 nitrogen and oxygen atoms in total. The molecule has 1 aliphatic carbocycles. The third kappa shape index (κ3) is 3.61. The van der Waals surface area contributed by atoms with Crippen LogP contribution in [0.3, 0.4) is 0 Å². The largest absolute Gasteiger partial charge is 0.339 e. The Kier molecular flexibility index (Phi) is 5.27. The minimum absolute atomic E-state index is 0.0532. The van der Waals surface area contributed by atoms with Crippen molar-refractivity contribution >= 4 is 33.4 Å². The maximum atomic E-state index is 13.4. The molecule has 0 atom stereocenters. The maximum absolute atomic E-state index is 13.4. The van der Waals surface area contributed by atoms with E-state index in [1.165, 1.54) is 16.9 Å². The summed E-state index contributed by atoms with van der Waals surface area (Å²) >= 11 is 1.69. The highest BCUT2D eigenvalue weighted by molar-refractivity contribution is 7.18.